The van der Waals surface area contributed by atoms with Gasteiger partial charge in [-0.3, -0.25) is 4.79 Å². The summed E-state index contributed by atoms with van der Waals surface area (Å²) in [5.74, 6) is 0.729. The third kappa shape index (κ3) is 3.30. The Hall–Kier alpha value is -2.08. The number of carbonyl (C=O) groups excluding carboxylic acids is 1. The summed E-state index contributed by atoms with van der Waals surface area (Å²) in [5, 5.41) is 0. The summed E-state index contributed by atoms with van der Waals surface area (Å²) in [6, 6.07) is 3.53. The summed E-state index contributed by atoms with van der Waals surface area (Å²) in [6.45, 7) is 5.35. The fourth-order valence-electron chi connectivity index (χ4n) is 4.25. The number of rotatable bonds is 5. The number of aromatic nitrogens is 2. The number of piperidine rings is 1. The van der Waals surface area contributed by atoms with Gasteiger partial charge in [0.25, 0.3) is 0 Å². The predicted molar refractivity (Wildman–Crippen MR) is 101 cm³/mol. The lowest BCUT2D eigenvalue weighted by atomic mass is 9.82. The van der Waals surface area contributed by atoms with E-state index in [0.29, 0.717) is 28.8 Å². The number of imidazole rings is 1. The summed E-state index contributed by atoms with van der Waals surface area (Å²) in [6.07, 6.45) is 7.32. The maximum Gasteiger partial charge on any atom is 0.323 e. The number of carbonyl (C=O) groups is 1. The fourth-order valence-corrected chi connectivity index (χ4v) is 4.25. The van der Waals surface area contributed by atoms with Crippen LogP contribution in [-0.4, -0.2) is 45.9 Å². The number of nitrogens with zero attached hydrogens (tertiary/aromatic N) is 1. The van der Waals surface area contributed by atoms with Crippen LogP contribution < -0.4 is 10.4 Å². The Labute approximate surface area is 152 Å². The molecule has 2 N–H and O–H groups in total. The molecule has 3 heterocycles. The first-order chi connectivity index (χ1) is 12.6. The van der Waals surface area contributed by atoms with Gasteiger partial charge >= 0.3 is 5.69 Å². The minimum Gasteiger partial charge on any atom is -0.486 e. The second kappa shape index (κ2) is 6.91. The molecule has 140 valence electrons. The van der Waals surface area contributed by atoms with E-state index >= 15 is 0 Å². The standard InChI is InChI=1S/C20H27N3O3/c1-2-3-4-5-8-23-9-6-20(7-10-23)13-17(24)14-11-15-16(12-18(14)26-20)22-19(25)21-15/h11-12H,2-10,13H2,1H3,(H2,21,22,25). The SMILES string of the molecule is CCCCCCN1CCC2(CC1)CC(=O)c1cc3[nH]c(=O)[nH]c3cc1O2. The molecule has 0 saturated carbocycles. The third-order valence-corrected chi connectivity index (χ3v) is 5.82. The Balaban J connectivity index is 1.46. The van der Waals surface area contributed by atoms with Crippen LogP contribution in [0.2, 0.25) is 0 Å². The van der Waals surface area contributed by atoms with Crippen molar-refractivity contribution >= 4 is 16.8 Å². The van der Waals surface area contributed by atoms with E-state index in [1.54, 1.807) is 12.1 Å². The van der Waals surface area contributed by atoms with E-state index in [1.165, 1.54) is 25.7 Å². The molecule has 1 aromatic carbocycles. The second-order valence-electron chi connectivity index (χ2n) is 7.76. The summed E-state index contributed by atoms with van der Waals surface area (Å²) in [4.78, 5) is 32.2. The van der Waals surface area contributed by atoms with Crippen molar-refractivity contribution in [2.75, 3.05) is 19.6 Å². The highest BCUT2D eigenvalue weighted by molar-refractivity contribution is 6.03. The minimum atomic E-state index is -0.381. The van der Waals surface area contributed by atoms with Crippen molar-refractivity contribution in [2.24, 2.45) is 0 Å². The molecular weight excluding hydrogens is 330 g/mol. The molecule has 26 heavy (non-hydrogen) atoms. The van der Waals surface area contributed by atoms with Crippen LogP contribution in [0.1, 0.15) is 62.2 Å². The van der Waals surface area contributed by atoms with Crippen molar-refractivity contribution in [1.29, 1.82) is 0 Å². The van der Waals surface area contributed by atoms with Gasteiger partial charge in [0.1, 0.15) is 11.4 Å². The average molecular weight is 357 g/mol. The molecule has 2 aliphatic heterocycles. The molecule has 6 heteroatoms. The van der Waals surface area contributed by atoms with Crippen LogP contribution >= 0.6 is 0 Å². The number of benzene rings is 1. The molecule has 0 aliphatic carbocycles. The van der Waals surface area contributed by atoms with E-state index in [2.05, 4.69) is 21.8 Å². The molecule has 4 rings (SSSR count). The van der Waals surface area contributed by atoms with Crippen LogP contribution in [-0.2, 0) is 0 Å². The van der Waals surface area contributed by atoms with Gasteiger partial charge in [-0.05, 0) is 19.0 Å². The van der Waals surface area contributed by atoms with Crippen molar-refractivity contribution in [3.05, 3.63) is 28.2 Å². The number of aromatic amines is 2. The van der Waals surface area contributed by atoms with Gasteiger partial charge in [0.05, 0.1) is 23.0 Å². The van der Waals surface area contributed by atoms with E-state index in [4.69, 9.17) is 4.74 Å². The Kier molecular flexibility index (Phi) is 4.61. The van der Waals surface area contributed by atoms with Crippen molar-refractivity contribution < 1.29 is 9.53 Å². The maximum absolute atomic E-state index is 12.7. The smallest absolute Gasteiger partial charge is 0.323 e. The van der Waals surface area contributed by atoms with Crippen molar-refractivity contribution in [2.45, 2.75) is 57.5 Å². The highest BCUT2D eigenvalue weighted by Crippen LogP contribution is 2.40. The van der Waals surface area contributed by atoms with Crippen molar-refractivity contribution in [1.82, 2.24) is 14.9 Å². The van der Waals surface area contributed by atoms with Crippen LogP contribution in [0.5, 0.6) is 5.75 Å². The lowest BCUT2D eigenvalue weighted by Gasteiger charge is -2.44. The first-order valence-electron chi connectivity index (χ1n) is 9.79. The first-order valence-corrected chi connectivity index (χ1v) is 9.79. The zero-order valence-corrected chi connectivity index (χ0v) is 15.4. The topological polar surface area (TPSA) is 78.2 Å². The van der Waals surface area contributed by atoms with Gasteiger partial charge in [0, 0.05) is 32.0 Å². The lowest BCUT2D eigenvalue weighted by Crippen LogP contribution is -2.51. The van der Waals surface area contributed by atoms with Gasteiger partial charge in [-0.25, -0.2) is 4.79 Å². The molecule has 0 radical (unpaired) electrons. The molecule has 1 spiro atoms. The predicted octanol–water partition coefficient (Wildman–Crippen LogP) is 3.24. The van der Waals surface area contributed by atoms with Gasteiger partial charge < -0.3 is 19.6 Å². The third-order valence-electron chi connectivity index (χ3n) is 5.82. The van der Waals surface area contributed by atoms with Crippen LogP contribution in [0, 0.1) is 0 Å². The fraction of sp³-hybridized carbons (Fsp3) is 0.600. The van der Waals surface area contributed by atoms with Gasteiger partial charge in [-0.15, -0.1) is 0 Å². The number of ether oxygens (including phenoxy) is 1. The number of fused-ring (bicyclic) bond motifs is 2. The van der Waals surface area contributed by atoms with Crippen LogP contribution in [0.4, 0.5) is 0 Å². The van der Waals surface area contributed by atoms with Gasteiger partial charge in [0.2, 0.25) is 0 Å². The van der Waals surface area contributed by atoms with Crippen LogP contribution in [0.25, 0.3) is 11.0 Å². The number of ketones is 1. The maximum atomic E-state index is 12.7. The van der Waals surface area contributed by atoms with E-state index < -0.39 is 0 Å². The number of hydrogen-bond donors (Lipinski definition) is 2. The summed E-state index contributed by atoms with van der Waals surface area (Å²) < 4.78 is 6.36. The normalized spacial score (nSPS) is 19.7. The highest BCUT2D eigenvalue weighted by atomic mass is 16.5. The minimum absolute atomic E-state index is 0.117. The summed E-state index contributed by atoms with van der Waals surface area (Å²) in [7, 11) is 0. The van der Waals surface area contributed by atoms with Gasteiger partial charge in [-0.2, -0.15) is 0 Å². The number of likely N-dealkylation sites (tertiary alicyclic amines) is 1. The number of unbranched alkanes of at least 4 members (excludes halogenated alkanes) is 3. The van der Waals surface area contributed by atoms with E-state index in [-0.39, 0.29) is 17.1 Å². The van der Waals surface area contributed by atoms with Crippen molar-refractivity contribution in [3.8, 4) is 5.75 Å². The van der Waals surface area contributed by atoms with Crippen LogP contribution in [0.3, 0.4) is 0 Å². The largest absolute Gasteiger partial charge is 0.486 e. The molecule has 2 aromatic rings. The molecule has 1 fully saturated rings. The van der Waals surface area contributed by atoms with E-state index in [9.17, 15) is 9.59 Å². The molecule has 1 saturated heterocycles. The molecule has 6 nitrogen and oxygen atoms in total. The highest BCUT2D eigenvalue weighted by Gasteiger charge is 2.43. The molecule has 0 unspecified atom stereocenters. The number of nitrogens with one attached hydrogen (secondary N) is 2. The van der Waals surface area contributed by atoms with Crippen molar-refractivity contribution in [3.63, 3.8) is 0 Å². The summed E-state index contributed by atoms with van der Waals surface area (Å²) in [5.41, 5.74) is 1.28. The number of Topliss-reactive ketones (excluding diaryl/α,β-unsaturated/α-hetero) is 1. The van der Waals surface area contributed by atoms with Gasteiger partial charge in [0.15, 0.2) is 5.78 Å². The molecule has 1 aromatic heterocycles. The first kappa shape index (κ1) is 17.3. The van der Waals surface area contributed by atoms with E-state index in [1.807, 2.05) is 0 Å². The Morgan fingerprint density at radius 1 is 1.08 bits per heavy atom. The average Bonchev–Trinajstić information content (AvgIpc) is 2.98. The second-order valence-corrected chi connectivity index (χ2v) is 7.76. The molecule has 2 aliphatic rings. The van der Waals surface area contributed by atoms with E-state index in [0.717, 1.165) is 32.5 Å². The molecule has 0 bridgehead atoms. The zero-order valence-electron chi connectivity index (χ0n) is 15.4. The Morgan fingerprint density at radius 2 is 1.81 bits per heavy atom. The number of hydrogen-bond acceptors (Lipinski definition) is 4. The molecule has 0 amide bonds. The Bertz CT molecular complexity index is 859. The molecular formula is C20H27N3O3. The number of H-pyrrole nitrogens is 2. The lowest BCUT2D eigenvalue weighted by molar-refractivity contribution is -0.00908. The summed E-state index contributed by atoms with van der Waals surface area (Å²) >= 11 is 0. The monoisotopic (exact) mass is 357 g/mol. The zero-order chi connectivity index (χ0) is 18.1. The quantitative estimate of drug-likeness (QED) is 0.805. The van der Waals surface area contributed by atoms with Crippen LogP contribution in [0.15, 0.2) is 16.9 Å². The van der Waals surface area contributed by atoms with Gasteiger partial charge in [-0.1, -0.05) is 26.2 Å². The Morgan fingerprint density at radius 3 is 2.54 bits per heavy atom. The molecule has 0 atom stereocenters.